The summed E-state index contributed by atoms with van der Waals surface area (Å²) in [7, 11) is -1.72. The van der Waals surface area contributed by atoms with Gasteiger partial charge < -0.3 is 13.1 Å². The first-order valence-electron chi connectivity index (χ1n) is 7.64. The van der Waals surface area contributed by atoms with Gasteiger partial charge in [-0.2, -0.15) is 0 Å². The fourth-order valence-corrected chi connectivity index (χ4v) is 1.41. The van der Waals surface area contributed by atoms with Gasteiger partial charge in [-0.15, -0.1) is 21.1 Å². The second-order valence-electron chi connectivity index (χ2n) is 8.25. The number of rotatable bonds is 0. The fourth-order valence-electron chi connectivity index (χ4n) is 1.41. The van der Waals surface area contributed by atoms with E-state index in [1.165, 1.54) is 29.6 Å². The summed E-state index contributed by atoms with van der Waals surface area (Å²) in [5.74, 6) is 7.34. The van der Waals surface area contributed by atoms with Crippen molar-refractivity contribution in [1.82, 2.24) is 5.59 Å². The molecule has 5 heteroatoms. The molecule has 0 aromatic heterocycles. The molecular weight excluding hydrogens is 398 g/mol. The molecule has 1 rings (SSSR count). The molecule has 2 nitrogen and oxygen atoms in total. The molecule has 0 amide bonds. The van der Waals surface area contributed by atoms with E-state index in [-0.39, 0.29) is 21.1 Å². The number of nitrogens with zero attached hydrogens (tertiary/aromatic N) is 1. The molecule has 0 saturated heterocycles. The van der Waals surface area contributed by atoms with Crippen LogP contribution in [0.25, 0.3) is 0 Å². The van der Waals surface area contributed by atoms with Gasteiger partial charge in [-0.3, -0.25) is 0 Å². The van der Waals surface area contributed by atoms with Crippen molar-refractivity contribution in [3.8, 4) is 0 Å². The van der Waals surface area contributed by atoms with E-state index in [1.54, 1.807) is 0 Å². The quantitative estimate of drug-likeness (QED) is 0.344. The van der Waals surface area contributed by atoms with Crippen LogP contribution in [-0.4, -0.2) is 16.1 Å². The average molecular weight is 436 g/mol. The van der Waals surface area contributed by atoms with Crippen LogP contribution in [0, 0.1) is 47.6 Å². The minimum atomic E-state index is -0.861. The largest absolute Gasteiger partial charge is 2.00 e. The zero-order valence-corrected chi connectivity index (χ0v) is 21.2. The Bertz CT molecular complexity index is 208. The van der Waals surface area contributed by atoms with Crippen LogP contribution in [0.2, 0.25) is 39.3 Å². The van der Waals surface area contributed by atoms with Crippen molar-refractivity contribution in [2.45, 2.75) is 73.9 Å². The van der Waals surface area contributed by atoms with Crippen LogP contribution < -0.4 is 5.59 Å². The fraction of sp³-hybridized carbons (Fsp3) is 0.611. The zero-order valence-electron chi connectivity index (χ0n) is 17.2. The van der Waals surface area contributed by atoms with Crippen molar-refractivity contribution in [3.63, 3.8) is 0 Å². The standard InChI is InChI=1S/C10H15.2C4H11Si.Mo.NO/c1-6-7(2)9(4)10(5)8(6)3;2*1-5(2,3)4;;1-2/h1-5H3;2*1H2,2-4H3;;/q;2*-1;+2;. The van der Waals surface area contributed by atoms with Gasteiger partial charge in [0.1, 0.15) is 5.59 Å². The molecule has 1 aliphatic carbocycles. The van der Waals surface area contributed by atoms with E-state index in [1.807, 2.05) is 0 Å². The summed E-state index contributed by atoms with van der Waals surface area (Å²) in [5, 5.41) is 0. The van der Waals surface area contributed by atoms with Gasteiger partial charge in [-0.05, 0) is 29.6 Å². The van der Waals surface area contributed by atoms with Gasteiger partial charge in [0.15, 0.2) is 0 Å². The minimum Gasteiger partial charge on any atom is -0.342 e. The molecule has 6 radical (unpaired) electrons. The number of hydrogen-bond donors (Lipinski definition) is 0. The molecule has 0 spiro atoms. The monoisotopic (exact) mass is 437 g/mol. The average Bonchev–Trinajstić information content (AvgIpc) is 2.46. The molecule has 0 heterocycles. The molecule has 0 aromatic carbocycles. The summed E-state index contributed by atoms with van der Waals surface area (Å²) >= 11 is 0. The topological polar surface area (TPSA) is 39.4 Å². The Kier molecular flexibility index (Phi) is 19.1. The van der Waals surface area contributed by atoms with Gasteiger partial charge in [0.25, 0.3) is 0 Å². The zero-order chi connectivity index (χ0) is 18.9. The van der Waals surface area contributed by atoms with Crippen molar-refractivity contribution < 1.29 is 21.1 Å². The van der Waals surface area contributed by atoms with E-state index in [0.29, 0.717) is 0 Å². The Balaban J connectivity index is -0.000000120. The summed E-state index contributed by atoms with van der Waals surface area (Å²) in [6.07, 6.45) is 0. The maximum Gasteiger partial charge on any atom is 2.00 e. The molecule has 0 aliphatic heterocycles. The van der Waals surface area contributed by atoms with Crippen molar-refractivity contribution in [2.24, 2.45) is 0 Å². The third-order valence-electron chi connectivity index (χ3n) is 2.81. The van der Waals surface area contributed by atoms with Gasteiger partial charge in [0.05, 0.1) is 0 Å². The maximum absolute atomic E-state index is 7.25. The van der Waals surface area contributed by atoms with E-state index in [4.69, 9.17) is 10.5 Å². The van der Waals surface area contributed by atoms with Gasteiger partial charge in [-0.1, -0.05) is 73.9 Å². The van der Waals surface area contributed by atoms with Crippen LogP contribution in [0.1, 0.15) is 34.6 Å². The predicted octanol–water partition coefficient (Wildman–Crippen LogP) is 5.92. The second-order valence-corrected chi connectivity index (χ2v) is 18.5. The third kappa shape index (κ3) is 22.7. The Morgan fingerprint density at radius 1 is 0.565 bits per heavy atom. The molecule has 134 valence electrons. The van der Waals surface area contributed by atoms with E-state index < -0.39 is 16.1 Å². The van der Waals surface area contributed by atoms with Crippen LogP contribution in [0.3, 0.4) is 0 Å². The Labute approximate surface area is 164 Å². The van der Waals surface area contributed by atoms with Crippen LogP contribution in [0.4, 0.5) is 0 Å². The van der Waals surface area contributed by atoms with Crippen molar-refractivity contribution in [1.29, 1.82) is 0 Å². The Morgan fingerprint density at radius 2 is 0.609 bits per heavy atom. The van der Waals surface area contributed by atoms with E-state index in [0.717, 1.165) is 0 Å². The second kappa shape index (κ2) is 14.0. The molecule has 1 fully saturated rings. The number of nitroso groups, excluding NO2 is 1. The normalized spacial score (nSPS) is 17.8. The van der Waals surface area contributed by atoms with Crippen LogP contribution in [-0.2, 0) is 21.1 Å². The number of hydrogen-bond acceptors (Lipinski definition) is 1. The van der Waals surface area contributed by atoms with Crippen molar-refractivity contribution >= 4 is 16.1 Å². The molecule has 0 aromatic rings. The van der Waals surface area contributed by atoms with E-state index in [2.05, 4.69) is 87.0 Å². The third-order valence-corrected chi connectivity index (χ3v) is 2.81. The molecule has 0 N–H and O–H groups in total. The van der Waals surface area contributed by atoms with Crippen LogP contribution >= 0.6 is 0 Å². The minimum absolute atomic E-state index is 0. The Hall–Kier alpha value is 0.722. The molecule has 1 aliphatic rings. The van der Waals surface area contributed by atoms with Gasteiger partial charge in [0.2, 0.25) is 0 Å². The van der Waals surface area contributed by atoms with E-state index >= 15 is 0 Å². The molecule has 23 heavy (non-hydrogen) atoms. The van der Waals surface area contributed by atoms with Crippen molar-refractivity contribution in [2.75, 3.05) is 0 Å². The summed E-state index contributed by atoms with van der Waals surface area (Å²) in [6, 6.07) is 0. The first-order valence-corrected chi connectivity index (χ1v) is 15.1. The predicted molar refractivity (Wildman–Crippen MR) is 107 cm³/mol. The molecule has 0 bridgehead atoms. The first kappa shape index (κ1) is 31.5. The van der Waals surface area contributed by atoms with Gasteiger partial charge in [0, 0.05) is 0 Å². The first-order chi connectivity index (χ1) is 9.55. The molecular formula is C18H37MoNOSi2. The molecule has 0 unspecified atom stereocenters. The SMILES string of the molecule is C[C]1[C](C)[C](C)[C](C)[C]1C.[CH2-][Si](C)(C)C.[CH2-][Si](C)(C)C.[Mo+2].[N]=O. The van der Waals surface area contributed by atoms with Gasteiger partial charge in [-0.25, -0.2) is 0 Å². The van der Waals surface area contributed by atoms with E-state index in [9.17, 15) is 0 Å². The Morgan fingerprint density at radius 3 is 0.652 bits per heavy atom. The summed E-state index contributed by atoms with van der Waals surface area (Å²) < 4.78 is 0. The van der Waals surface area contributed by atoms with Crippen molar-refractivity contribution in [3.05, 3.63) is 47.6 Å². The maximum atomic E-state index is 7.25. The van der Waals surface area contributed by atoms with Crippen LogP contribution in [0.5, 0.6) is 0 Å². The molecule has 0 atom stereocenters. The molecule has 1 saturated carbocycles. The van der Waals surface area contributed by atoms with Crippen LogP contribution in [0.15, 0.2) is 0 Å². The summed E-state index contributed by atoms with van der Waals surface area (Å²) in [4.78, 5) is 7.25. The van der Waals surface area contributed by atoms with Gasteiger partial charge >= 0.3 is 21.1 Å². The smallest absolute Gasteiger partial charge is 0.342 e. The summed E-state index contributed by atoms with van der Waals surface area (Å²) in [5.41, 5.74) is 5.75. The summed E-state index contributed by atoms with van der Waals surface area (Å²) in [6.45, 7) is 32.1.